The van der Waals surface area contributed by atoms with Crippen LogP contribution in [0.15, 0.2) is 65.1 Å². The number of rotatable bonds is 7. The Balaban J connectivity index is 1.26. The van der Waals surface area contributed by atoms with E-state index in [-0.39, 0.29) is 12.1 Å². The van der Waals surface area contributed by atoms with Crippen molar-refractivity contribution in [2.45, 2.75) is 37.1 Å². The first-order valence-electron chi connectivity index (χ1n) is 11.9. The summed E-state index contributed by atoms with van der Waals surface area (Å²) < 4.78 is 34.2. The van der Waals surface area contributed by atoms with E-state index in [0.29, 0.717) is 57.3 Å². The fraction of sp³-hybridized carbons (Fsp3) is 0.440. The molecule has 1 N–H and O–H groups in total. The predicted octanol–water partition coefficient (Wildman–Crippen LogP) is 2.77. The van der Waals surface area contributed by atoms with Gasteiger partial charge in [0, 0.05) is 39.1 Å². The van der Waals surface area contributed by atoms with Crippen LogP contribution < -0.4 is 5.32 Å². The van der Waals surface area contributed by atoms with Gasteiger partial charge in [-0.1, -0.05) is 67.6 Å². The highest BCUT2D eigenvalue weighted by atomic mass is 32.2. The van der Waals surface area contributed by atoms with E-state index in [1.54, 1.807) is 4.31 Å². The molecule has 34 heavy (non-hydrogen) atoms. The standard InChI is InChI=1S/C25H31N5O3S/c1-2-23-27-28-25(33-23)22-17-21(18-26-22)34(31,32)30-15-13-29(14-16-30)24(19-9-5-3-6-10-19)20-11-7-4-8-12-20/h3-12,21-22,24,26H,2,13-18H2,1H3. The van der Waals surface area contributed by atoms with Gasteiger partial charge in [0.05, 0.1) is 17.3 Å². The molecule has 8 nitrogen and oxygen atoms in total. The summed E-state index contributed by atoms with van der Waals surface area (Å²) in [4.78, 5) is 2.39. The van der Waals surface area contributed by atoms with Gasteiger partial charge in [-0.25, -0.2) is 8.42 Å². The lowest BCUT2D eigenvalue weighted by atomic mass is 9.96. The van der Waals surface area contributed by atoms with Crippen molar-refractivity contribution in [3.63, 3.8) is 0 Å². The van der Waals surface area contributed by atoms with Gasteiger partial charge < -0.3 is 9.73 Å². The van der Waals surface area contributed by atoms with Crippen LogP contribution in [-0.4, -0.2) is 65.8 Å². The van der Waals surface area contributed by atoms with Crippen molar-refractivity contribution in [3.05, 3.63) is 83.6 Å². The molecule has 2 aliphatic heterocycles. The van der Waals surface area contributed by atoms with E-state index in [4.69, 9.17) is 4.42 Å². The molecule has 2 unspecified atom stereocenters. The first-order valence-corrected chi connectivity index (χ1v) is 13.4. The highest BCUT2D eigenvalue weighted by Gasteiger charge is 2.41. The van der Waals surface area contributed by atoms with Crippen LogP contribution in [0.2, 0.25) is 0 Å². The molecule has 1 aromatic heterocycles. The summed E-state index contributed by atoms with van der Waals surface area (Å²) in [6.07, 6.45) is 1.11. The van der Waals surface area contributed by atoms with Gasteiger partial charge in [-0.2, -0.15) is 4.31 Å². The van der Waals surface area contributed by atoms with E-state index in [2.05, 4.69) is 68.9 Å². The molecule has 9 heteroatoms. The third kappa shape index (κ3) is 4.65. The lowest BCUT2D eigenvalue weighted by Gasteiger charge is -2.40. The highest BCUT2D eigenvalue weighted by Crippen LogP contribution is 2.32. The van der Waals surface area contributed by atoms with E-state index >= 15 is 0 Å². The molecule has 180 valence electrons. The van der Waals surface area contributed by atoms with Gasteiger partial charge in [0.15, 0.2) is 0 Å². The molecular weight excluding hydrogens is 450 g/mol. The van der Waals surface area contributed by atoms with Crippen molar-refractivity contribution in [2.24, 2.45) is 0 Å². The summed E-state index contributed by atoms with van der Waals surface area (Å²) in [5.41, 5.74) is 2.44. The van der Waals surface area contributed by atoms with Gasteiger partial charge in [0.25, 0.3) is 0 Å². The highest BCUT2D eigenvalue weighted by molar-refractivity contribution is 7.89. The summed E-state index contributed by atoms with van der Waals surface area (Å²) in [5.74, 6) is 1.05. The van der Waals surface area contributed by atoms with Crippen molar-refractivity contribution < 1.29 is 12.8 Å². The number of sulfonamides is 1. The number of piperazine rings is 1. The normalized spacial score (nSPS) is 22.4. The summed E-state index contributed by atoms with van der Waals surface area (Å²) in [7, 11) is -3.43. The molecule has 0 saturated carbocycles. The monoisotopic (exact) mass is 481 g/mol. The minimum atomic E-state index is -3.43. The minimum Gasteiger partial charge on any atom is -0.424 e. The van der Waals surface area contributed by atoms with Crippen LogP contribution in [0, 0.1) is 0 Å². The summed E-state index contributed by atoms with van der Waals surface area (Å²) in [6, 6.07) is 20.8. The number of aromatic nitrogens is 2. The fourth-order valence-corrected chi connectivity index (χ4v) is 6.82. The number of nitrogens with zero attached hydrogens (tertiary/aromatic N) is 4. The number of nitrogens with one attached hydrogen (secondary N) is 1. The molecule has 3 aromatic rings. The SMILES string of the molecule is CCc1nnc(C2CC(S(=O)(=O)N3CCN(C(c4ccccc4)c4ccccc4)CC3)CN2)o1. The average Bonchev–Trinajstić information content (AvgIpc) is 3.56. The Kier molecular flexibility index (Phi) is 6.78. The van der Waals surface area contributed by atoms with E-state index in [1.165, 1.54) is 11.1 Å². The second kappa shape index (κ2) is 9.95. The third-order valence-corrected chi connectivity index (χ3v) is 9.11. The number of hydrogen-bond acceptors (Lipinski definition) is 7. The van der Waals surface area contributed by atoms with Crippen LogP contribution in [0.1, 0.15) is 48.3 Å². The number of hydrogen-bond donors (Lipinski definition) is 1. The summed E-state index contributed by atoms with van der Waals surface area (Å²) >= 11 is 0. The molecule has 0 amide bonds. The molecule has 0 spiro atoms. The quantitative estimate of drug-likeness (QED) is 0.555. The van der Waals surface area contributed by atoms with Gasteiger partial charge in [-0.15, -0.1) is 10.2 Å². The van der Waals surface area contributed by atoms with Gasteiger partial charge >= 0.3 is 0 Å². The van der Waals surface area contributed by atoms with E-state index in [9.17, 15) is 8.42 Å². The van der Waals surface area contributed by atoms with Crippen LogP contribution in [0.4, 0.5) is 0 Å². The zero-order valence-corrected chi connectivity index (χ0v) is 20.2. The Hall–Kier alpha value is -2.59. The Morgan fingerprint density at radius 1 is 0.971 bits per heavy atom. The first kappa shape index (κ1) is 23.2. The van der Waals surface area contributed by atoms with E-state index in [0.717, 1.165) is 0 Å². The van der Waals surface area contributed by atoms with Crippen LogP contribution in [0.5, 0.6) is 0 Å². The number of aryl methyl sites for hydroxylation is 1. The Morgan fingerprint density at radius 2 is 1.59 bits per heavy atom. The molecule has 2 fully saturated rings. The molecular formula is C25H31N5O3S. The Labute approximate surface area is 201 Å². The zero-order valence-electron chi connectivity index (χ0n) is 19.4. The first-order chi connectivity index (χ1) is 16.6. The molecule has 0 radical (unpaired) electrons. The second-order valence-electron chi connectivity index (χ2n) is 8.91. The molecule has 2 atom stereocenters. The summed E-state index contributed by atoms with van der Waals surface area (Å²) in [5, 5.41) is 10.9. The maximum Gasteiger partial charge on any atom is 0.233 e. The lowest BCUT2D eigenvalue weighted by molar-refractivity contribution is 0.155. The van der Waals surface area contributed by atoms with Crippen molar-refractivity contribution >= 4 is 10.0 Å². The molecule has 2 saturated heterocycles. The molecule has 0 bridgehead atoms. The van der Waals surface area contributed by atoms with Crippen molar-refractivity contribution in [1.82, 2.24) is 24.7 Å². The van der Waals surface area contributed by atoms with Crippen LogP contribution in [-0.2, 0) is 16.4 Å². The second-order valence-corrected chi connectivity index (χ2v) is 11.1. The lowest BCUT2D eigenvalue weighted by Crippen LogP contribution is -2.52. The predicted molar refractivity (Wildman–Crippen MR) is 130 cm³/mol. The minimum absolute atomic E-state index is 0.107. The topological polar surface area (TPSA) is 91.6 Å². The molecule has 3 heterocycles. The van der Waals surface area contributed by atoms with Gasteiger partial charge in [0.2, 0.25) is 21.8 Å². The smallest absolute Gasteiger partial charge is 0.233 e. The number of benzene rings is 2. The summed E-state index contributed by atoms with van der Waals surface area (Å²) in [6.45, 7) is 4.68. The van der Waals surface area contributed by atoms with Crippen molar-refractivity contribution in [3.8, 4) is 0 Å². The van der Waals surface area contributed by atoms with Crippen LogP contribution >= 0.6 is 0 Å². The van der Waals surface area contributed by atoms with Gasteiger partial charge in [-0.05, 0) is 17.5 Å². The Morgan fingerprint density at radius 3 is 2.15 bits per heavy atom. The van der Waals surface area contributed by atoms with Gasteiger partial charge in [-0.3, -0.25) is 4.90 Å². The van der Waals surface area contributed by atoms with Gasteiger partial charge in [0.1, 0.15) is 0 Å². The van der Waals surface area contributed by atoms with E-state index < -0.39 is 15.3 Å². The molecule has 2 aliphatic rings. The molecule has 2 aromatic carbocycles. The van der Waals surface area contributed by atoms with Crippen molar-refractivity contribution in [2.75, 3.05) is 32.7 Å². The largest absolute Gasteiger partial charge is 0.424 e. The van der Waals surface area contributed by atoms with Crippen LogP contribution in [0.3, 0.4) is 0 Å². The Bertz CT molecular complexity index is 1140. The van der Waals surface area contributed by atoms with E-state index in [1.807, 2.05) is 19.1 Å². The van der Waals surface area contributed by atoms with Crippen molar-refractivity contribution in [1.29, 1.82) is 0 Å². The maximum absolute atomic E-state index is 13.4. The zero-order chi connectivity index (χ0) is 23.5. The average molecular weight is 482 g/mol. The third-order valence-electron chi connectivity index (χ3n) is 6.82. The van der Waals surface area contributed by atoms with Crippen LogP contribution in [0.25, 0.3) is 0 Å². The molecule has 5 rings (SSSR count). The maximum atomic E-state index is 13.4. The fourth-order valence-electron chi connectivity index (χ4n) is 4.98. The molecule has 0 aliphatic carbocycles.